The van der Waals surface area contributed by atoms with Gasteiger partial charge >= 0.3 is 0 Å². The summed E-state index contributed by atoms with van der Waals surface area (Å²) < 4.78 is 1.85. The lowest BCUT2D eigenvalue weighted by Crippen LogP contribution is -2.33. The lowest BCUT2D eigenvalue weighted by atomic mass is 9.90. The molecule has 2 saturated carbocycles. The summed E-state index contributed by atoms with van der Waals surface area (Å²) in [5.41, 5.74) is 1.28. The van der Waals surface area contributed by atoms with E-state index in [9.17, 15) is 10.4 Å². The Kier molecular flexibility index (Phi) is 3.66. The number of aromatic nitrogens is 4. The molecule has 31 heavy (non-hydrogen) atoms. The van der Waals surface area contributed by atoms with Crippen LogP contribution in [0.4, 0.5) is 5.82 Å². The summed E-state index contributed by atoms with van der Waals surface area (Å²) in [7, 11) is 0. The molecule has 3 heterocycles. The summed E-state index contributed by atoms with van der Waals surface area (Å²) >= 11 is 0. The normalized spacial score (nSPS) is 26.4. The first-order valence-corrected chi connectivity index (χ1v) is 11.0. The minimum Gasteiger partial charge on any atom is -0.390 e. The van der Waals surface area contributed by atoms with Gasteiger partial charge in [-0.25, -0.2) is 14.6 Å². The lowest BCUT2D eigenvalue weighted by molar-refractivity contribution is 0.0263. The zero-order valence-corrected chi connectivity index (χ0v) is 17.9. The number of anilines is 1. The fourth-order valence-electron chi connectivity index (χ4n) is 5.49. The Morgan fingerprint density at radius 1 is 1.19 bits per heavy atom. The van der Waals surface area contributed by atoms with Crippen molar-refractivity contribution in [1.29, 1.82) is 5.26 Å². The van der Waals surface area contributed by atoms with E-state index < -0.39 is 5.60 Å². The van der Waals surface area contributed by atoms with Crippen LogP contribution in [0.1, 0.15) is 45.1 Å². The first-order valence-electron chi connectivity index (χ1n) is 11.0. The molecule has 1 spiro atoms. The van der Waals surface area contributed by atoms with Gasteiger partial charge in [-0.05, 0) is 56.6 Å². The van der Waals surface area contributed by atoms with Crippen molar-refractivity contribution in [2.45, 2.75) is 50.5 Å². The second-order valence-electron chi connectivity index (χ2n) is 10.1. The molecule has 1 aromatic carbocycles. The van der Waals surface area contributed by atoms with Crippen LogP contribution in [-0.4, -0.2) is 43.5 Å². The Morgan fingerprint density at radius 3 is 2.68 bits per heavy atom. The molecule has 2 aromatic heterocycles. The highest BCUT2D eigenvalue weighted by Gasteiger charge is 2.75. The van der Waals surface area contributed by atoms with E-state index in [2.05, 4.69) is 44.2 Å². The number of nitrogens with zero attached hydrogens (tertiary/aromatic N) is 6. The molecule has 0 amide bonds. The molecule has 1 aliphatic heterocycles. The fraction of sp³-hybridized carbons (Fsp3) is 0.500. The molecule has 3 fully saturated rings. The number of nitriles is 1. The van der Waals surface area contributed by atoms with E-state index in [-0.39, 0.29) is 16.7 Å². The minimum atomic E-state index is -0.697. The molecule has 2 aliphatic carbocycles. The molecule has 3 aromatic rings. The first-order chi connectivity index (χ1) is 14.9. The summed E-state index contributed by atoms with van der Waals surface area (Å²) in [5, 5.41) is 25.9. The quantitative estimate of drug-likeness (QED) is 0.704. The first kappa shape index (κ1) is 18.8. The zero-order chi connectivity index (χ0) is 21.4. The summed E-state index contributed by atoms with van der Waals surface area (Å²) in [6.45, 7) is 5.39. The molecule has 158 valence electrons. The van der Waals surface area contributed by atoms with E-state index in [1.165, 1.54) is 0 Å². The van der Waals surface area contributed by atoms with E-state index in [0.29, 0.717) is 5.82 Å². The van der Waals surface area contributed by atoms with Gasteiger partial charge in [-0.15, -0.1) is 0 Å². The molecule has 6 rings (SSSR count). The monoisotopic (exact) mass is 414 g/mol. The van der Waals surface area contributed by atoms with Crippen LogP contribution in [-0.2, 0) is 5.41 Å². The van der Waals surface area contributed by atoms with Crippen molar-refractivity contribution in [2.24, 2.45) is 11.3 Å². The average Bonchev–Trinajstić information content (AvgIpc) is 3.50. The maximum atomic E-state index is 10.4. The maximum Gasteiger partial charge on any atom is 0.159 e. The Morgan fingerprint density at radius 2 is 2.00 bits per heavy atom. The summed E-state index contributed by atoms with van der Waals surface area (Å²) in [6, 6.07) is 10.9. The summed E-state index contributed by atoms with van der Waals surface area (Å²) in [5.74, 6) is 1.78. The predicted octanol–water partition coefficient (Wildman–Crippen LogP) is 3.36. The van der Waals surface area contributed by atoms with E-state index in [1.54, 1.807) is 6.33 Å². The molecule has 7 nitrogen and oxygen atoms in total. The van der Waals surface area contributed by atoms with Crippen molar-refractivity contribution in [3.63, 3.8) is 0 Å². The number of benzene rings is 1. The molecule has 0 radical (unpaired) electrons. The molecular weight excluding hydrogens is 388 g/mol. The number of fused-ring (bicyclic) bond motifs is 1. The maximum absolute atomic E-state index is 10.4. The Bertz CT molecular complexity index is 1230. The van der Waals surface area contributed by atoms with Gasteiger partial charge in [-0.1, -0.05) is 12.1 Å². The average molecular weight is 415 g/mol. The Balaban J connectivity index is 1.35. The largest absolute Gasteiger partial charge is 0.390 e. The van der Waals surface area contributed by atoms with E-state index >= 15 is 0 Å². The highest BCUT2D eigenvalue weighted by atomic mass is 16.3. The van der Waals surface area contributed by atoms with Crippen molar-refractivity contribution in [3.05, 3.63) is 42.4 Å². The highest BCUT2D eigenvalue weighted by molar-refractivity contribution is 5.82. The van der Waals surface area contributed by atoms with Crippen LogP contribution in [0.2, 0.25) is 0 Å². The van der Waals surface area contributed by atoms with Crippen LogP contribution in [0.3, 0.4) is 0 Å². The summed E-state index contributed by atoms with van der Waals surface area (Å²) in [6.07, 6.45) is 7.67. The summed E-state index contributed by atoms with van der Waals surface area (Å²) in [4.78, 5) is 11.2. The third-order valence-electron chi connectivity index (χ3n) is 7.86. The topological polar surface area (TPSA) is 90.9 Å². The van der Waals surface area contributed by atoms with E-state index in [1.807, 2.05) is 30.8 Å². The van der Waals surface area contributed by atoms with Gasteiger partial charge in [0.25, 0.3) is 0 Å². The minimum absolute atomic E-state index is 0.217. The third-order valence-corrected chi connectivity index (χ3v) is 7.86. The number of rotatable bonds is 4. The van der Waals surface area contributed by atoms with Gasteiger partial charge in [0.05, 0.1) is 28.8 Å². The van der Waals surface area contributed by atoms with Gasteiger partial charge in [0, 0.05) is 30.5 Å². The second-order valence-corrected chi connectivity index (χ2v) is 10.1. The van der Waals surface area contributed by atoms with Crippen molar-refractivity contribution in [2.75, 3.05) is 18.0 Å². The Hall–Kier alpha value is -2.98. The van der Waals surface area contributed by atoms with Gasteiger partial charge in [-0.2, -0.15) is 10.4 Å². The Labute approximate surface area is 181 Å². The van der Waals surface area contributed by atoms with Crippen molar-refractivity contribution in [1.82, 2.24) is 19.7 Å². The van der Waals surface area contributed by atoms with Crippen LogP contribution in [0.15, 0.2) is 36.8 Å². The molecule has 7 heteroatoms. The van der Waals surface area contributed by atoms with Crippen molar-refractivity contribution in [3.8, 4) is 11.9 Å². The molecule has 0 bridgehead atoms. The molecular formula is C24H26N6O. The highest BCUT2D eigenvalue weighted by Crippen LogP contribution is 2.78. The van der Waals surface area contributed by atoms with Crippen LogP contribution in [0.5, 0.6) is 0 Å². The third kappa shape index (κ3) is 2.71. The van der Waals surface area contributed by atoms with Crippen molar-refractivity contribution < 1.29 is 5.11 Å². The number of hydrogen-bond donors (Lipinski definition) is 1. The number of hydrogen-bond acceptors (Lipinski definition) is 6. The van der Waals surface area contributed by atoms with Gasteiger partial charge in [-0.3, -0.25) is 0 Å². The second kappa shape index (κ2) is 6.04. The van der Waals surface area contributed by atoms with Crippen LogP contribution < -0.4 is 4.90 Å². The van der Waals surface area contributed by atoms with Crippen LogP contribution in [0, 0.1) is 22.7 Å². The van der Waals surface area contributed by atoms with Crippen LogP contribution >= 0.6 is 0 Å². The van der Waals surface area contributed by atoms with E-state index in [4.69, 9.17) is 0 Å². The predicted molar refractivity (Wildman–Crippen MR) is 117 cm³/mol. The molecule has 1 N–H and O–H groups in total. The smallest absolute Gasteiger partial charge is 0.159 e. The molecule has 3 aliphatic rings. The van der Waals surface area contributed by atoms with Gasteiger partial charge in [0.1, 0.15) is 12.1 Å². The molecule has 2 atom stereocenters. The van der Waals surface area contributed by atoms with Crippen LogP contribution in [0.25, 0.3) is 16.7 Å². The standard InChI is InChI=1S/C24H26N6O/c1-22(2,31)18-5-8-29(12-18)20-10-21(27-15-26-20)30-19-9-17(4-3-16(19)11-28-30)24(14-25)13-23(24)6-7-23/h3-4,9-11,15,18,31H,5-8,12-13H2,1-2H3/t18?,24-/m1/s1. The van der Waals surface area contributed by atoms with Gasteiger partial charge in [0.15, 0.2) is 5.82 Å². The lowest BCUT2D eigenvalue weighted by Gasteiger charge is -2.25. The molecule has 1 unspecified atom stereocenters. The van der Waals surface area contributed by atoms with E-state index in [0.717, 1.165) is 61.1 Å². The van der Waals surface area contributed by atoms with Gasteiger partial charge in [0.2, 0.25) is 0 Å². The number of aliphatic hydroxyl groups is 1. The zero-order valence-electron chi connectivity index (χ0n) is 17.9. The SMILES string of the molecule is CC(C)(O)C1CCN(c2cc(-n3ncc4ccc([C@]5(C#N)CC56CC6)cc43)ncn2)C1. The fourth-order valence-corrected chi connectivity index (χ4v) is 5.49. The molecule has 1 saturated heterocycles. The van der Waals surface area contributed by atoms with Gasteiger partial charge < -0.3 is 10.0 Å². The van der Waals surface area contributed by atoms with Crippen molar-refractivity contribution >= 4 is 16.7 Å².